The molecule has 0 radical (unpaired) electrons. The van der Waals surface area contributed by atoms with Crippen molar-refractivity contribution in [2.45, 2.75) is 65.5 Å². The first-order chi connectivity index (χ1) is 17.9. The summed E-state index contributed by atoms with van der Waals surface area (Å²) in [6.07, 6.45) is 13.3. The minimum atomic E-state index is -0.524. The largest absolute Gasteiger partial charge is 0.444 e. The van der Waals surface area contributed by atoms with Crippen LogP contribution < -0.4 is 0 Å². The van der Waals surface area contributed by atoms with Crippen molar-refractivity contribution >= 4 is 12.3 Å². The molecule has 1 unspecified atom stereocenters. The van der Waals surface area contributed by atoms with Crippen molar-refractivity contribution in [2.75, 3.05) is 46.8 Å². The van der Waals surface area contributed by atoms with Crippen LogP contribution in [0.4, 0.5) is 4.79 Å². The second-order valence-corrected chi connectivity index (χ2v) is 12.2. The third-order valence-electron chi connectivity index (χ3n) is 7.32. The minimum Gasteiger partial charge on any atom is -0.444 e. The normalized spacial score (nSPS) is 19.7. The summed E-state index contributed by atoms with van der Waals surface area (Å²) in [5, 5.41) is 0. The Labute approximate surface area is 230 Å². The van der Waals surface area contributed by atoms with E-state index in [-0.39, 0.29) is 17.6 Å². The number of hydrogen-bond acceptors (Lipinski definition) is 5. The fraction of sp³-hybridized carbons (Fsp3) is 0.562. The Balaban J connectivity index is 1.69. The summed E-state index contributed by atoms with van der Waals surface area (Å²) < 4.78 is 5.81. The average Bonchev–Trinajstić information content (AvgIpc) is 2.85. The maximum atomic E-state index is 13.2. The topological polar surface area (TPSA) is 48.4 Å². The molecule has 1 amide bonds. The molecular weight excluding hydrogens is 472 g/mol. The molecule has 0 saturated heterocycles. The van der Waals surface area contributed by atoms with Crippen molar-refractivity contribution in [3.8, 4) is 0 Å². The van der Waals surface area contributed by atoms with E-state index in [0.29, 0.717) is 13.1 Å². The van der Waals surface area contributed by atoms with Crippen LogP contribution in [0.25, 0.3) is 0 Å². The summed E-state index contributed by atoms with van der Waals surface area (Å²) in [6, 6.07) is 10.6. The number of ether oxygens (including phenoxy) is 1. The van der Waals surface area contributed by atoms with Gasteiger partial charge in [0.25, 0.3) is 0 Å². The highest BCUT2D eigenvalue weighted by molar-refractivity contribution is 5.84. The smallest absolute Gasteiger partial charge is 0.410 e. The summed E-state index contributed by atoms with van der Waals surface area (Å²) in [5.41, 5.74) is 3.49. The van der Waals surface area contributed by atoms with Crippen LogP contribution in [-0.2, 0) is 11.2 Å². The second-order valence-electron chi connectivity index (χ2n) is 12.2. The highest BCUT2D eigenvalue weighted by Gasteiger charge is 2.31. The molecule has 0 fully saturated rings. The molecule has 1 aliphatic carbocycles. The van der Waals surface area contributed by atoms with Gasteiger partial charge in [0.15, 0.2) is 0 Å². The fourth-order valence-electron chi connectivity index (χ4n) is 4.97. The predicted molar refractivity (Wildman–Crippen MR) is 159 cm³/mol. The van der Waals surface area contributed by atoms with Crippen molar-refractivity contribution in [1.82, 2.24) is 14.7 Å². The first-order valence-electron chi connectivity index (χ1n) is 14.0. The number of benzene rings is 1. The first-order valence-corrected chi connectivity index (χ1v) is 14.0. The molecule has 0 saturated carbocycles. The van der Waals surface area contributed by atoms with Crippen molar-refractivity contribution < 1.29 is 9.53 Å². The van der Waals surface area contributed by atoms with Crippen LogP contribution in [0.2, 0.25) is 0 Å². The molecule has 2 aliphatic rings. The molecule has 0 N–H and O–H groups in total. The minimum absolute atomic E-state index is 0.0386. The van der Waals surface area contributed by atoms with Gasteiger partial charge in [-0.1, -0.05) is 61.1 Å². The zero-order valence-corrected chi connectivity index (χ0v) is 24.6. The third kappa shape index (κ3) is 9.25. The lowest BCUT2D eigenvalue weighted by Crippen LogP contribution is -2.48. The number of carbonyl (C=O) groups is 1. The molecule has 0 spiro atoms. The zero-order chi connectivity index (χ0) is 27.8. The Morgan fingerprint density at radius 2 is 1.79 bits per heavy atom. The standard InChI is InChI=1S/C32H48N4O2/c1-26(25-36(30(37)38-31(2,3)4)20-15-27-11-9-8-10-12-27)35(22-21-34(6)7)19-16-28-13-14-29-24-33-18-17-32(29,5)23-28/h8-14,17-18,24,26H,15-16,19-23,25H2,1-7H3/t26-,32?/m1/s1. The van der Waals surface area contributed by atoms with Crippen molar-refractivity contribution in [3.05, 3.63) is 71.5 Å². The summed E-state index contributed by atoms with van der Waals surface area (Å²) in [4.78, 5) is 24.2. The number of likely N-dealkylation sites (N-methyl/N-ethyl adjacent to an activating group) is 1. The molecule has 3 rings (SSSR count). The maximum absolute atomic E-state index is 13.2. The molecular formula is C32H48N4O2. The van der Waals surface area contributed by atoms with Crippen LogP contribution >= 0.6 is 0 Å². The zero-order valence-electron chi connectivity index (χ0n) is 24.6. The van der Waals surface area contributed by atoms with Crippen molar-refractivity contribution in [3.63, 3.8) is 0 Å². The quantitative estimate of drug-likeness (QED) is 0.341. The summed E-state index contributed by atoms with van der Waals surface area (Å²) in [7, 11) is 4.23. The van der Waals surface area contributed by atoms with Crippen LogP contribution in [0.5, 0.6) is 0 Å². The van der Waals surface area contributed by atoms with Gasteiger partial charge in [0.05, 0.1) is 0 Å². The van der Waals surface area contributed by atoms with Crippen LogP contribution in [0.15, 0.2) is 70.9 Å². The second kappa shape index (κ2) is 13.4. The molecule has 38 heavy (non-hydrogen) atoms. The van der Waals surface area contributed by atoms with E-state index < -0.39 is 5.60 Å². The molecule has 6 heteroatoms. The van der Waals surface area contributed by atoms with E-state index in [2.05, 4.69) is 73.1 Å². The Kier molecular flexibility index (Phi) is 10.5. The van der Waals surface area contributed by atoms with Crippen LogP contribution in [0, 0.1) is 5.41 Å². The van der Waals surface area contributed by atoms with Crippen LogP contribution in [0.3, 0.4) is 0 Å². The summed E-state index contributed by atoms with van der Waals surface area (Å²) in [5.74, 6) is 0. The lowest BCUT2D eigenvalue weighted by atomic mass is 9.73. The molecule has 208 valence electrons. The van der Waals surface area contributed by atoms with Crippen molar-refractivity contribution in [2.24, 2.45) is 10.4 Å². The average molecular weight is 521 g/mol. The predicted octanol–water partition coefficient (Wildman–Crippen LogP) is 5.97. The van der Waals surface area contributed by atoms with E-state index >= 15 is 0 Å². The highest BCUT2D eigenvalue weighted by Crippen LogP contribution is 2.40. The van der Waals surface area contributed by atoms with Gasteiger partial charge in [0.2, 0.25) is 0 Å². The summed E-state index contributed by atoms with van der Waals surface area (Å²) in [6.45, 7) is 14.5. The molecule has 0 aromatic heterocycles. The number of allylic oxidation sites excluding steroid dienone is 4. The van der Waals surface area contributed by atoms with Gasteiger partial charge in [-0.25, -0.2) is 4.79 Å². The summed E-state index contributed by atoms with van der Waals surface area (Å²) >= 11 is 0. The Morgan fingerprint density at radius 1 is 1.05 bits per heavy atom. The van der Waals surface area contributed by atoms with Crippen molar-refractivity contribution in [1.29, 1.82) is 0 Å². The molecule has 6 nitrogen and oxygen atoms in total. The van der Waals surface area contributed by atoms with Gasteiger partial charge in [-0.05, 0) is 72.2 Å². The fourth-order valence-corrected chi connectivity index (χ4v) is 4.97. The van der Waals surface area contributed by atoms with E-state index in [1.165, 1.54) is 16.7 Å². The van der Waals surface area contributed by atoms with Gasteiger partial charge >= 0.3 is 6.09 Å². The molecule has 1 aliphatic heterocycles. The number of hydrogen-bond donors (Lipinski definition) is 0. The SMILES string of the molecule is C[C@H](CN(CCc1ccccc1)C(=O)OC(C)(C)C)N(CCC1=CC=C2C=NC=CC2(C)C1)CCN(C)C. The number of nitrogens with zero attached hydrogens (tertiary/aromatic N) is 4. The van der Waals surface area contributed by atoms with E-state index in [0.717, 1.165) is 38.9 Å². The van der Waals surface area contributed by atoms with Crippen LogP contribution in [0.1, 0.15) is 53.0 Å². The molecule has 1 aromatic rings. The van der Waals surface area contributed by atoms with Gasteiger partial charge in [-0.15, -0.1) is 0 Å². The van der Waals surface area contributed by atoms with E-state index in [9.17, 15) is 4.79 Å². The van der Waals surface area contributed by atoms with Gasteiger partial charge in [0.1, 0.15) is 5.60 Å². The maximum Gasteiger partial charge on any atom is 0.410 e. The molecule has 1 aromatic carbocycles. The Hall–Kier alpha value is -2.70. The first kappa shape index (κ1) is 29.9. The van der Waals surface area contributed by atoms with E-state index in [1.807, 2.05) is 56.3 Å². The molecule has 0 bridgehead atoms. The number of aliphatic imine (C=N–C) groups is 1. The Morgan fingerprint density at radius 3 is 2.47 bits per heavy atom. The Bertz CT molecular complexity index is 1040. The molecule has 2 atom stereocenters. The number of carbonyl (C=O) groups excluding carboxylic acids is 1. The number of rotatable bonds is 12. The van der Waals surface area contributed by atoms with Gasteiger partial charge in [-0.3, -0.25) is 9.89 Å². The van der Waals surface area contributed by atoms with Gasteiger partial charge in [0, 0.05) is 56.6 Å². The lowest BCUT2D eigenvalue weighted by molar-refractivity contribution is 0.0194. The lowest BCUT2D eigenvalue weighted by Gasteiger charge is -2.36. The number of fused-ring (bicyclic) bond motifs is 1. The highest BCUT2D eigenvalue weighted by atomic mass is 16.6. The van der Waals surface area contributed by atoms with Crippen LogP contribution in [-0.4, -0.2) is 85.5 Å². The van der Waals surface area contributed by atoms with E-state index in [4.69, 9.17) is 4.74 Å². The third-order valence-corrected chi connectivity index (χ3v) is 7.32. The van der Waals surface area contributed by atoms with Gasteiger partial charge < -0.3 is 14.5 Å². The van der Waals surface area contributed by atoms with E-state index in [1.54, 1.807) is 0 Å². The number of amides is 1. The monoisotopic (exact) mass is 520 g/mol. The van der Waals surface area contributed by atoms with Gasteiger partial charge in [-0.2, -0.15) is 0 Å². The molecule has 1 heterocycles.